The molecule has 0 saturated heterocycles. The first-order valence-corrected chi connectivity index (χ1v) is 7.33. The van der Waals surface area contributed by atoms with Gasteiger partial charge in [-0.1, -0.05) is 20.8 Å². The monoisotopic (exact) mass is 379 g/mol. The van der Waals surface area contributed by atoms with Crippen LogP contribution in [0.3, 0.4) is 0 Å². The molecule has 0 bridgehead atoms. The van der Waals surface area contributed by atoms with Gasteiger partial charge in [0, 0.05) is 6.54 Å². The molecule has 0 saturated carbocycles. The van der Waals surface area contributed by atoms with E-state index in [0.29, 0.717) is 12.3 Å². The second-order valence-corrected chi connectivity index (χ2v) is 6.99. The predicted molar refractivity (Wildman–Crippen MR) is 80.7 cm³/mol. The number of benzene rings is 1. The summed E-state index contributed by atoms with van der Waals surface area (Å²) in [4.78, 5) is 0. The largest absolute Gasteiger partial charge is 0.488 e. The highest BCUT2D eigenvalue weighted by molar-refractivity contribution is 9.11. The quantitative estimate of drug-likeness (QED) is 0.840. The van der Waals surface area contributed by atoms with E-state index in [1.165, 1.54) is 0 Å². The molecule has 1 aromatic rings. The molecule has 0 aliphatic heterocycles. The molecule has 0 radical (unpaired) electrons. The molecule has 0 amide bonds. The third kappa shape index (κ3) is 4.23. The fourth-order valence-electron chi connectivity index (χ4n) is 1.28. The maximum Gasteiger partial charge on any atom is 0.147 e. The van der Waals surface area contributed by atoms with Crippen molar-refractivity contribution in [3.8, 4) is 5.75 Å². The highest BCUT2D eigenvalue weighted by Crippen LogP contribution is 2.35. The van der Waals surface area contributed by atoms with Crippen LogP contribution in [0.5, 0.6) is 5.75 Å². The predicted octanol–water partition coefficient (Wildman–Crippen LogP) is 3.46. The van der Waals surface area contributed by atoms with E-state index < -0.39 is 6.10 Å². The Morgan fingerprint density at radius 2 is 1.78 bits per heavy atom. The summed E-state index contributed by atoms with van der Waals surface area (Å²) in [7, 11) is 0. The number of halogens is 2. The van der Waals surface area contributed by atoms with E-state index in [1.807, 2.05) is 32.9 Å². The van der Waals surface area contributed by atoms with Crippen molar-refractivity contribution < 1.29 is 9.84 Å². The summed E-state index contributed by atoms with van der Waals surface area (Å²) < 4.78 is 7.33. The lowest BCUT2D eigenvalue weighted by molar-refractivity contribution is 0.0214. The molecular formula is C13H19Br2NO2. The van der Waals surface area contributed by atoms with Gasteiger partial charge in [-0.15, -0.1) is 0 Å². The van der Waals surface area contributed by atoms with Gasteiger partial charge in [-0.05, 0) is 55.0 Å². The number of aliphatic hydroxyl groups is 1. The maximum atomic E-state index is 9.95. The van der Waals surface area contributed by atoms with Crippen LogP contribution in [0.15, 0.2) is 21.1 Å². The van der Waals surface area contributed by atoms with Gasteiger partial charge in [0.25, 0.3) is 0 Å². The van der Waals surface area contributed by atoms with Gasteiger partial charge in [-0.3, -0.25) is 0 Å². The second-order valence-electron chi connectivity index (χ2n) is 5.29. The molecule has 3 N–H and O–H groups in total. The minimum atomic E-state index is -0.523. The standard InChI is InChI=1S/C13H19Br2NO2/c1-13(2,3)11(17)7-18-12-9(14)4-8(6-16)5-10(12)15/h4-5,11,17H,6-7,16H2,1-3H3. The first kappa shape index (κ1) is 16.0. The highest BCUT2D eigenvalue weighted by Gasteiger charge is 2.23. The Bertz CT molecular complexity index is 393. The molecule has 0 aliphatic rings. The molecular weight excluding hydrogens is 362 g/mol. The maximum absolute atomic E-state index is 9.95. The van der Waals surface area contributed by atoms with Crippen LogP contribution >= 0.6 is 31.9 Å². The van der Waals surface area contributed by atoms with Crippen molar-refractivity contribution in [2.75, 3.05) is 6.61 Å². The molecule has 18 heavy (non-hydrogen) atoms. The van der Waals surface area contributed by atoms with Gasteiger partial charge in [0.1, 0.15) is 12.4 Å². The van der Waals surface area contributed by atoms with Gasteiger partial charge in [-0.25, -0.2) is 0 Å². The van der Waals surface area contributed by atoms with Crippen molar-refractivity contribution in [1.29, 1.82) is 0 Å². The zero-order valence-electron chi connectivity index (χ0n) is 10.8. The van der Waals surface area contributed by atoms with Crippen LogP contribution < -0.4 is 10.5 Å². The Labute approximate surface area is 125 Å². The van der Waals surface area contributed by atoms with Crippen molar-refractivity contribution in [2.45, 2.75) is 33.4 Å². The molecule has 1 atom stereocenters. The molecule has 102 valence electrons. The Kier molecular flexibility index (Phi) is 5.65. The van der Waals surface area contributed by atoms with Crippen LogP contribution in [-0.4, -0.2) is 17.8 Å². The normalized spacial score (nSPS) is 13.5. The van der Waals surface area contributed by atoms with E-state index in [1.54, 1.807) is 0 Å². The molecule has 0 heterocycles. The fraction of sp³-hybridized carbons (Fsp3) is 0.538. The van der Waals surface area contributed by atoms with E-state index in [0.717, 1.165) is 14.5 Å². The minimum absolute atomic E-state index is 0.198. The number of ether oxygens (including phenoxy) is 1. The van der Waals surface area contributed by atoms with Crippen LogP contribution in [0.25, 0.3) is 0 Å². The van der Waals surface area contributed by atoms with Gasteiger partial charge in [0.15, 0.2) is 0 Å². The Morgan fingerprint density at radius 3 is 2.17 bits per heavy atom. The summed E-state index contributed by atoms with van der Waals surface area (Å²) >= 11 is 6.89. The lowest BCUT2D eigenvalue weighted by Gasteiger charge is -2.26. The smallest absolute Gasteiger partial charge is 0.147 e. The third-order valence-electron chi connectivity index (χ3n) is 2.68. The molecule has 5 heteroatoms. The minimum Gasteiger partial charge on any atom is -0.488 e. The van der Waals surface area contributed by atoms with Crippen molar-refractivity contribution in [3.63, 3.8) is 0 Å². The number of aliphatic hydroxyl groups excluding tert-OH is 1. The molecule has 0 spiro atoms. The number of hydrogen-bond acceptors (Lipinski definition) is 3. The first-order valence-electron chi connectivity index (χ1n) is 5.74. The van der Waals surface area contributed by atoms with Gasteiger partial charge in [0.2, 0.25) is 0 Å². The SMILES string of the molecule is CC(C)(C)C(O)COc1c(Br)cc(CN)cc1Br. The number of nitrogens with two attached hydrogens (primary N) is 1. The first-order chi connectivity index (χ1) is 8.25. The molecule has 0 fully saturated rings. The van der Waals surface area contributed by atoms with Gasteiger partial charge in [0.05, 0.1) is 15.0 Å². The molecule has 1 aromatic carbocycles. The molecule has 1 rings (SSSR count). The lowest BCUT2D eigenvalue weighted by atomic mass is 9.90. The molecule has 3 nitrogen and oxygen atoms in total. The Hall–Kier alpha value is -0.100. The molecule has 0 aliphatic carbocycles. The summed E-state index contributed by atoms with van der Waals surface area (Å²) in [6, 6.07) is 3.84. The van der Waals surface area contributed by atoms with Gasteiger partial charge >= 0.3 is 0 Å². The van der Waals surface area contributed by atoms with E-state index in [9.17, 15) is 5.11 Å². The summed E-state index contributed by atoms with van der Waals surface area (Å²) in [5, 5.41) is 9.95. The van der Waals surface area contributed by atoms with E-state index in [2.05, 4.69) is 31.9 Å². The zero-order chi connectivity index (χ0) is 13.9. The topological polar surface area (TPSA) is 55.5 Å². The second kappa shape index (κ2) is 6.37. The van der Waals surface area contributed by atoms with Crippen LogP contribution in [-0.2, 0) is 6.54 Å². The van der Waals surface area contributed by atoms with Crippen LogP contribution in [0.2, 0.25) is 0 Å². The van der Waals surface area contributed by atoms with Crippen LogP contribution in [0.4, 0.5) is 0 Å². The average molecular weight is 381 g/mol. The van der Waals surface area contributed by atoms with E-state index in [4.69, 9.17) is 10.5 Å². The zero-order valence-corrected chi connectivity index (χ0v) is 14.0. The van der Waals surface area contributed by atoms with Gasteiger partial charge < -0.3 is 15.6 Å². The molecule has 0 aromatic heterocycles. The Morgan fingerprint density at radius 1 is 1.28 bits per heavy atom. The van der Waals surface area contributed by atoms with Crippen LogP contribution in [0.1, 0.15) is 26.3 Å². The third-order valence-corrected chi connectivity index (χ3v) is 3.86. The van der Waals surface area contributed by atoms with Crippen molar-refractivity contribution in [1.82, 2.24) is 0 Å². The van der Waals surface area contributed by atoms with Crippen molar-refractivity contribution in [3.05, 3.63) is 26.6 Å². The highest BCUT2D eigenvalue weighted by atomic mass is 79.9. The fourth-order valence-corrected chi connectivity index (χ4v) is 2.79. The lowest BCUT2D eigenvalue weighted by Crippen LogP contribution is -2.32. The van der Waals surface area contributed by atoms with E-state index in [-0.39, 0.29) is 12.0 Å². The van der Waals surface area contributed by atoms with Gasteiger partial charge in [-0.2, -0.15) is 0 Å². The summed E-state index contributed by atoms with van der Waals surface area (Å²) in [6.07, 6.45) is -0.523. The summed E-state index contributed by atoms with van der Waals surface area (Å²) in [6.45, 7) is 6.65. The van der Waals surface area contributed by atoms with Crippen LogP contribution in [0, 0.1) is 5.41 Å². The van der Waals surface area contributed by atoms with Crippen molar-refractivity contribution in [2.24, 2.45) is 11.1 Å². The number of hydrogen-bond donors (Lipinski definition) is 2. The number of rotatable bonds is 4. The summed E-state index contributed by atoms with van der Waals surface area (Å²) in [5.41, 5.74) is 6.41. The average Bonchev–Trinajstić information content (AvgIpc) is 2.25. The summed E-state index contributed by atoms with van der Waals surface area (Å²) in [5.74, 6) is 0.690. The van der Waals surface area contributed by atoms with E-state index >= 15 is 0 Å². The Balaban J connectivity index is 2.80. The van der Waals surface area contributed by atoms with Crippen molar-refractivity contribution >= 4 is 31.9 Å². The molecule has 1 unspecified atom stereocenters.